The summed E-state index contributed by atoms with van der Waals surface area (Å²) in [5.41, 5.74) is 2.13. The lowest BCUT2D eigenvalue weighted by atomic mass is 10.1. The van der Waals surface area contributed by atoms with Crippen molar-refractivity contribution < 1.29 is 0 Å². The van der Waals surface area contributed by atoms with Crippen molar-refractivity contribution in [2.45, 2.75) is 26.3 Å². The molecular weight excluding hydrogens is 182 g/mol. The molecular formula is C14H19N. The third-order valence-electron chi connectivity index (χ3n) is 4.39. The summed E-state index contributed by atoms with van der Waals surface area (Å²) in [7, 11) is 0. The minimum atomic E-state index is 0.593. The number of hydrogen-bond donors (Lipinski definition) is 0. The molecule has 2 fully saturated rings. The molecule has 80 valence electrons. The standard InChI is InChI=1S/C14H19N/c1-11(12-6-4-3-5-7-12)15-9-13-8-14(13,2)10-15/h3-7,11,13H,8-10H2,1-2H3. The maximum absolute atomic E-state index is 2.64. The van der Waals surface area contributed by atoms with Gasteiger partial charge in [0.05, 0.1) is 0 Å². The van der Waals surface area contributed by atoms with Crippen LogP contribution in [0.5, 0.6) is 0 Å². The lowest BCUT2D eigenvalue weighted by Crippen LogP contribution is -2.27. The fourth-order valence-corrected chi connectivity index (χ4v) is 3.03. The molecule has 0 N–H and O–H groups in total. The quantitative estimate of drug-likeness (QED) is 0.710. The number of fused-ring (bicyclic) bond motifs is 1. The number of piperidine rings is 1. The lowest BCUT2D eigenvalue weighted by Gasteiger charge is -2.27. The molecule has 1 aromatic rings. The molecule has 1 heterocycles. The Labute approximate surface area is 92.1 Å². The summed E-state index contributed by atoms with van der Waals surface area (Å²) in [6, 6.07) is 11.5. The smallest absolute Gasteiger partial charge is 0.0320 e. The first-order chi connectivity index (χ1) is 7.19. The van der Waals surface area contributed by atoms with Gasteiger partial charge < -0.3 is 0 Å². The summed E-state index contributed by atoms with van der Waals surface area (Å²) in [4.78, 5) is 2.64. The van der Waals surface area contributed by atoms with Crippen LogP contribution in [0.3, 0.4) is 0 Å². The van der Waals surface area contributed by atoms with Crippen LogP contribution in [0.1, 0.15) is 31.9 Å². The summed E-state index contributed by atoms with van der Waals surface area (Å²) in [6.07, 6.45) is 1.46. The van der Waals surface area contributed by atoms with Gasteiger partial charge in [0.25, 0.3) is 0 Å². The van der Waals surface area contributed by atoms with Crippen LogP contribution in [0.2, 0.25) is 0 Å². The van der Waals surface area contributed by atoms with E-state index < -0.39 is 0 Å². The Hall–Kier alpha value is -0.820. The van der Waals surface area contributed by atoms with Gasteiger partial charge in [0.15, 0.2) is 0 Å². The number of benzene rings is 1. The Morgan fingerprint density at radius 2 is 2.07 bits per heavy atom. The minimum Gasteiger partial charge on any atom is -0.296 e. The van der Waals surface area contributed by atoms with Crippen molar-refractivity contribution in [1.82, 2.24) is 4.90 Å². The van der Waals surface area contributed by atoms with Crippen molar-refractivity contribution in [2.75, 3.05) is 13.1 Å². The van der Waals surface area contributed by atoms with Crippen molar-refractivity contribution in [3.8, 4) is 0 Å². The van der Waals surface area contributed by atoms with Gasteiger partial charge in [-0.2, -0.15) is 0 Å². The van der Waals surface area contributed by atoms with Crippen LogP contribution in [-0.4, -0.2) is 18.0 Å². The van der Waals surface area contributed by atoms with Gasteiger partial charge in [-0.1, -0.05) is 37.3 Å². The topological polar surface area (TPSA) is 3.24 Å². The lowest BCUT2D eigenvalue weighted by molar-refractivity contribution is 0.222. The molecule has 0 bridgehead atoms. The second-order valence-corrected chi connectivity index (χ2v) is 5.57. The van der Waals surface area contributed by atoms with Crippen molar-refractivity contribution in [2.24, 2.45) is 11.3 Å². The van der Waals surface area contributed by atoms with Crippen molar-refractivity contribution in [3.05, 3.63) is 35.9 Å². The normalized spacial score (nSPS) is 36.3. The highest BCUT2D eigenvalue weighted by molar-refractivity contribution is 5.20. The predicted molar refractivity (Wildman–Crippen MR) is 62.6 cm³/mol. The van der Waals surface area contributed by atoms with E-state index in [1.54, 1.807) is 0 Å². The second kappa shape index (κ2) is 3.08. The van der Waals surface area contributed by atoms with Gasteiger partial charge in [0.1, 0.15) is 0 Å². The molecule has 1 heteroatoms. The van der Waals surface area contributed by atoms with Crippen molar-refractivity contribution in [1.29, 1.82) is 0 Å². The first-order valence-corrected chi connectivity index (χ1v) is 5.98. The average molecular weight is 201 g/mol. The van der Waals surface area contributed by atoms with Crippen LogP contribution in [0.4, 0.5) is 0 Å². The van der Waals surface area contributed by atoms with Crippen LogP contribution in [0.25, 0.3) is 0 Å². The molecule has 1 nitrogen and oxygen atoms in total. The van der Waals surface area contributed by atoms with E-state index in [0.717, 1.165) is 5.92 Å². The minimum absolute atomic E-state index is 0.593. The monoisotopic (exact) mass is 201 g/mol. The first-order valence-electron chi connectivity index (χ1n) is 5.98. The molecule has 0 amide bonds. The fraction of sp³-hybridized carbons (Fsp3) is 0.571. The SMILES string of the molecule is CC(c1ccccc1)N1CC2CC2(C)C1. The largest absolute Gasteiger partial charge is 0.296 e. The third kappa shape index (κ3) is 1.50. The zero-order valence-electron chi connectivity index (χ0n) is 9.61. The maximum Gasteiger partial charge on any atom is 0.0320 e. The van der Waals surface area contributed by atoms with E-state index in [9.17, 15) is 0 Å². The van der Waals surface area contributed by atoms with Gasteiger partial charge in [-0.25, -0.2) is 0 Å². The van der Waals surface area contributed by atoms with Gasteiger partial charge in [0, 0.05) is 19.1 Å². The number of hydrogen-bond acceptors (Lipinski definition) is 1. The molecule has 1 aliphatic heterocycles. The fourth-order valence-electron chi connectivity index (χ4n) is 3.03. The van der Waals surface area contributed by atoms with E-state index in [1.807, 2.05) is 0 Å². The van der Waals surface area contributed by atoms with Gasteiger partial charge in [-0.3, -0.25) is 4.90 Å². The highest BCUT2D eigenvalue weighted by Crippen LogP contribution is 2.58. The number of rotatable bonds is 2. The Bertz CT molecular complexity index is 359. The Morgan fingerprint density at radius 3 is 2.67 bits per heavy atom. The summed E-state index contributed by atoms with van der Waals surface area (Å²) in [6.45, 7) is 7.39. The van der Waals surface area contributed by atoms with Gasteiger partial charge >= 0.3 is 0 Å². The Balaban J connectivity index is 1.74. The van der Waals surface area contributed by atoms with Crippen LogP contribution in [0.15, 0.2) is 30.3 Å². The third-order valence-corrected chi connectivity index (χ3v) is 4.39. The molecule has 2 aliphatic rings. The highest BCUT2D eigenvalue weighted by atomic mass is 15.2. The van der Waals surface area contributed by atoms with E-state index >= 15 is 0 Å². The highest BCUT2D eigenvalue weighted by Gasteiger charge is 2.56. The second-order valence-electron chi connectivity index (χ2n) is 5.57. The summed E-state index contributed by atoms with van der Waals surface area (Å²) in [5, 5.41) is 0. The van der Waals surface area contributed by atoms with Crippen molar-refractivity contribution in [3.63, 3.8) is 0 Å². The molecule has 1 aliphatic carbocycles. The molecule has 1 aromatic carbocycles. The maximum atomic E-state index is 2.64. The molecule has 0 radical (unpaired) electrons. The van der Waals surface area contributed by atoms with Gasteiger partial charge in [-0.05, 0) is 30.2 Å². The van der Waals surface area contributed by atoms with Crippen LogP contribution >= 0.6 is 0 Å². The Morgan fingerprint density at radius 1 is 1.33 bits per heavy atom. The zero-order valence-corrected chi connectivity index (χ0v) is 9.61. The van der Waals surface area contributed by atoms with Gasteiger partial charge in [-0.15, -0.1) is 0 Å². The van der Waals surface area contributed by atoms with Crippen LogP contribution in [0, 0.1) is 11.3 Å². The molecule has 1 saturated carbocycles. The average Bonchev–Trinajstić information content (AvgIpc) is 2.77. The van der Waals surface area contributed by atoms with Gasteiger partial charge in [0.2, 0.25) is 0 Å². The summed E-state index contributed by atoms with van der Waals surface area (Å²) >= 11 is 0. The number of nitrogens with zero attached hydrogens (tertiary/aromatic N) is 1. The molecule has 1 saturated heterocycles. The summed E-state index contributed by atoms with van der Waals surface area (Å²) in [5.74, 6) is 0.990. The molecule has 0 aromatic heterocycles. The molecule has 15 heavy (non-hydrogen) atoms. The molecule has 3 rings (SSSR count). The molecule has 3 unspecified atom stereocenters. The molecule has 0 spiro atoms. The van der Waals surface area contributed by atoms with Crippen LogP contribution in [-0.2, 0) is 0 Å². The van der Waals surface area contributed by atoms with E-state index in [4.69, 9.17) is 0 Å². The van der Waals surface area contributed by atoms with E-state index in [-0.39, 0.29) is 0 Å². The first kappa shape index (κ1) is 9.41. The number of likely N-dealkylation sites (tertiary alicyclic amines) is 1. The van der Waals surface area contributed by atoms with E-state index in [2.05, 4.69) is 49.1 Å². The van der Waals surface area contributed by atoms with Crippen molar-refractivity contribution >= 4 is 0 Å². The Kier molecular flexibility index (Phi) is 1.93. The predicted octanol–water partition coefficient (Wildman–Crippen LogP) is 3.09. The van der Waals surface area contributed by atoms with Crippen LogP contribution < -0.4 is 0 Å². The van der Waals surface area contributed by atoms with E-state index in [1.165, 1.54) is 25.1 Å². The zero-order chi connectivity index (χ0) is 10.5. The van der Waals surface area contributed by atoms with E-state index in [0.29, 0.717) is 11.5 Å². The summed E-state index contributed by atoms with van der Waals surface area (Å²) < 4.78 is 0. The molecule has 3 atom stereocenters.